The van der Waals surface area contributed by atoms with Crippen LogP contribution in [0.15, 0.2) is 48.5 Å². The first-order valence-electron chi connectivity index (χ1n) is 19.1. The quantitative estimate of drug-likeness (QED) is 0.275. The number of esters is 4. The molecule has 0 aromatic heterocycles. The van der Waals surface area contributed by atoms with E-state index in [-0.39, 0.29) is 52.6 Å². The van der Waals surface area contributed by atoms with Crippen LogP contribution in [0.1, 0.15) is 49.9 Å². The fourth-order valence-electron chi connectivity index (χ4n) is 10.2. The van der Waals surface area contributed by atoms with Crippen molar-refractivity contribution >= 4 is 48.0 Å². The minimum atomic E-state index is -2.79. The molecule has 0 unspecified atom stereocenters. The van der Waals surface area contributed by atoms with Crippen LogP contribution >= 0.6 is 0 Å². The number of fused-ring (bicyclic) bond motifs is 2. The molecule has 304 valence electrons. The summed E-state index contributed by atoms with van der Waals surface area (Å²) in [5, 5.41) is 0. The zero-order chi connectivity index (χ0) is 41.1. The van der Waals surface area contributed by atoms with Gasteiger partial charge < -0.3 is 18.9 Å². The lowest BCUT2D eigenvalue weighted by Crippen LogP contribution is -2.81. The van der Waals surface area contributed by atoms with Crippen LogP contribution in [0.3, 0.4) is 0 Å². The van der Waals surface area contributed by atoms with Gasteiger partial charge in [-0.2, -0.15) is 0 Å². The van der Waals surface area contributed by atoms with E-state index in [1.54, 1.807) is 48.5 Å². The van der Waals surface area contributed by atoms with Crippen molar-refractivity contribution in [3.05, 3.63) is 70.8 Å². The second kappa shape index (κ2) is 12.4. The van der Waals surface area contributed by atoms with Gasteiger partial charge in [-0.15, -0.1) is 0 Å². The summed E-state index contributed by atoms with van der Waals surface area (Å²) in [7, 11) is 0. The van der Waals surface area contributed by atoms with Crippen LogP contribution in [-0.4, -0.2) is 150 Å². The molecule has 7 aliphatic rings. The fraction of sp³-hybridized carbons (Fsp3) is 0.474. The topological polar surface area (TPSA) is 199 Å². The summed E-state index contributed by atoms with van der Waals surface area (Å²) < 4.78 is 22.7. The maximum Gasteiger partial charge on any atom is 0.359 e. The van der Waals surface area contributed by atoms with Crippen LogP contribution in [0.25, 0.3) is 0 Å². The average molecular weight is 801 g/mol. The summed E-state index contributed by atoms with van der Waals surface area (Å²) in [5.74, 6) is -4.80. The van der Waals surface area contributed by atoms with E-state index in [1.807, 2.05) is 0 Å². The highest BCUT2D eigenvalue weighted by Gasteiger charge is 2.93. The zero-order valence-corrected chi connectivity index (χ0v) is 32.2. The van der Waals surface area contributed by atoms with Crippen LogP contribution < -0.4 is 0 Å². The average Bonchev–Trinajstić information content (AvgIpc) is 3.58. The Morgan fingerprint density at radius 2 is 0.621 bits per heavy atom. The largest absolute Gasteiger partial charge is 0.463 e. The Morgan fingerprint density at radius 1 is 0.414 bits per heavy atom. The molecule has 5 saturated heterocycles. The molecule has 7 heterocycles. The Kier molecular flexibility index (Phi) is 7.94. The standard InChI is InChI=1S/C38H40N8O12/c1-5-55-27(47)35-37(29(49)57-7-3)43-21-45-33(53)41-19-25-15-11-12-16-26(25)20-42-34(54)46(38(45,30(50)58-8-4)36(41,42)28(48)56-6-2)22-44(37)32(52)40(35)18-24-14-10-9-13-23(24)17-39(35)31(43)51/h9-16H,5-8,17-22H2,1-4H3. The second-order valence-electron chi connectivity index (χ2n) is 14.6. The number of carbonyl (C=O) groups is 8. The van der Waals surface area contributed by atoms with Crippen molar-refractivity contribution in [2.75, 3.05) is 39.8 Å². The molecule has 58 heavy (non-hydrogen) atoms. The van der Waals surface area contributed by atoms with Crippen LogP contribution in [0, 0.1) is 0 Å². The normalized spacial score (nSPS) is 28.6. The fourth-order valence-corrected chi connectivity index (χ4v) is 10.2. The third-order valence-corrected chi connectivity index (χ3v) is 12.3. The first-order valence-corrected chi connectivity index (χ1v) is 19.1. The molecule has 0 atom stereocenters. The summed E-state index contributed by atoms with van der Waals surface area (Å²) in [6.07, 6.45) is 0. The first-order chi connectivity index (χ1) is 27.9. The number of urea groups is 4. The van der Waals surface area contributed by atoms with E-state index in [0.29, 0.717) is 22.3 Å². The summed E-state index contributed by atoms with van der Waals surface area (Å²) in [6, 6.07) is 9.66. The lowest BCUT2D eigenvalue weighted by atomic mass is 9.88. The van der Waals surface area contributed by atoms with Gasteiger partial charge in [0.1, 0.15) is 13.3 Å². The molecule has 0 aliphatic carbocycles. The van der Waals surface area contributed by atoms with Gasteiger partial charge in [0.25, 0.3) is 22.7 Å². The number of hydrogen-bond acceptors (Lipinski definition) is 12. The van der Waals surface area contributed by atoms with Crippen LogP contribution in [-0.2, 0) is 64.3 Å². The first kappa shape index (κ1) is 37.0. The van der Waals surface area contributed by atoms with Gasteiger partial charge in [-0.25, -0.2) is 38.4 Å². The molecule has 2 aromatic carbocycles. The molecular formula is C38H40N8O12. The van der Waals surface area contributed by atoms with Crippen molar-refractivity contribution in [1.29, 1.82) is 0 Å². The molecule has 0 N–H and O–H groups in total. The third-order valence-electron chi connectivity index (χ3n) is 12.3. The molecule has 20 heteroatoms. The molecular weight excluding hydrogens is 760 g/mol. The Hall–Kier alpha value is -6.60. The van der Waals surface area contributed by atoms with Gasteiger partial charge in [-0.3, -0.25) is 39.2 Å². The molecule has 20 nitrogen and oxygen atoms in total. The molecule has 9 rings (SSSR count). The molecule has 0 radical (unpaired) electrons. The predicted octanol–water partition coefficient (Wildman–Crippen LogP) is 1.33. The Bertz CT molecular complexity index is 1980. The van der Waals surface area contributed by atoms with E-state index in [0.717, 1.165) is 39.2 Å². The van der Waals surface area contributed by atoms with E-state index >= 15 is 28.8 Å². The predicted molar refractivity (Wildman–Crippen MR) is 191 cm³/mol. The van der Waals surface area contributed by atoms with Gasteiger partial charge in [0.05, 0.1) is 52.6 Å². The highest BCUT2D eigenvalue weighted by atomic mass is 16.6. The number of carbonyl (C=O) groups excluding carboxylic acids is 8. The van der Waals surface area contributed by atoms with Gasteiger partial charge in [-0.05, 0) is 49.9 Å². The molecule has 5 fully saturated rings. The number of hydrogen-bond donors (Lipinski definition) is 0. The SMILES string of the molecule is CCOC(=O)C12N3Cc4ccccc4CN1C(=O)N1CN4C(=O)N5Cc6ccccc6CN6C(=O)N(CN(C3=O)C12C(=O)OCC)C4(C(=O)OCC)C65C(=O)OCC. The monoisotopic (exact) mass is 800 g/mol. The highest BCUT2D eigenvalue weighted by molar-refractivity contribution is 6.12. The zero-order valence-electron chi connectivity index (χ0n) is 32.2. The third kappa shape index (κ3) is 3.85. The molecule has 8 amide bonds. The maximum atomic E-state index is 15.4. The van der Waals surface area contributed by atoms with E-state index < -0.39 is 84.0 Å². The lowest BCUT2D eigenvalue weighted by Gasteiger charge is -2.51. The van der Waals surface area contributed by atoms with Crippen molar-refractivity contribution in [2.24, 2.45) is 0 Å². The van der Waals surface area contributed by atoms with Crippen LogP contribution in [0.4, 0.5) is 19.2 Å². The summed E-state index contributed by atoms with van der Waals surface area (Å²) in [6.45, 7) is 1.67. The summed E-state index contributed by atoms with van der Waals surface area (Å²) in [4.78, 5) is 129. The van der Waals surface area contributed by atoms with Gasteiger partial charge in [0, 0.05) is 0 Å². The maximum absolute atomic E-state index is 15.4. The summed E-state index contributed by atoms with van der Waals surface area (Å²) >= 11 is 0. The van der Waals surface area contributed by atoms with Crippen molar-refractivity contribution in [1.82, 2.24) is 39.2 Å². The van der Waals surface area contributed by atoms with E-state index in [1.165, 1.54) is 27.7 Å². The van der Waals surface area contributed by atoms with E-state index in [4.69, 9.17) is 18.9 Å². The Labute approximate surface area is 331 Å². The number of rotatable bonds is 8. The molecule has 7 aliphatic heterocycles. The van der Waals surface area contributed by atoms with Crippen molar-refractivity contribution in [2.45, 2.75) is 76.5 Å². The van der Waals surface area contributed by atoms with Crippen LogP contribution in [0.5, 0.6) is 0 Å². The Balaban J connectivity index is 1.38. The number of benzene rings is 2. The van der Waals surface area contributed by atoms with Gasteiger partial charge >= 0.3 is 48.0 Å². The van der Waals surface area contributed by atoms with Crippen molar-refractivity contribution in [3.63, 3.8) is 0 Å². The number of amides is 8. The number of ether oxygens (including phenoxy) is 4. The molecule has 0 spiro atoms. The Morgan fingerprint density at radius 3 is 0.828 bits per heavy atom. The van der Waals surface area contributed by atoms with Crippen molar-refractivity contribution in [3.8, 4) is 0 Å². The molecule has 2 aromatic rings. The van der Waals surface area contributed by atoms with Crippen molar-refractivity contribution < 1.29 is 57.3 Å². The van der Waals surface area contributed by atoms with Crippen LogP contribution in [0.2, 0.25) is 0 Å². The van der Waals surface area contributed by atoms with E-state index in [9.17, 15) is 9.59 Å². The minimum Gasteiger partial charge on any atom is -0.463 e. The number of nitrogens with zero attached hydrogens (tertiary/aromatic N) is 8. The van der Waals surface area contributed by atoms with Gasteiger partial charge in [0.2, 0.25) is 0 Å². The van der Waals surface area contributed by atoms with Gasteiger partial charge in [-0.1, -0.05) is 48.5 Å². The molecule has 0 bridgehead atoms. The lowest BCUT2D eigenvalue weighted by molar-refractivity contribution is -0.209. The van der Waals surface area contributed by atoms with E-state index in [2.05, 4.69) is 0 Å². The summed E-state index contributed by atoms with van der Waals surface area (Å²) in [5.41, 5.74) is -8.62. The minimum absolute atomic E-state index is 0.232. The highest BCUT2D eigenvalue weighted by Crippen LogP contribution is 2.61. The second-order valence-corrected chi connectivity index (χ2v) is 14.6. The molecule has 0 saturated carbocycles. The van der Waals surface area contributed by atoms with Gasteiger partial charge in [0.15, 0.2) is 0 Å². The smallest absolute Gasteiger partial charge is 0.359 e.